The molecule has 0 atom stereocenters. The lowest BCUT2D eigenvalue weighted by Gasteiger charge is -2.22. The molecule has 0 radical (unpaired) electrons. The van der Waals surface area contributed by atoms with E-state index in [1.807, 2.05) is 0 Å². The Morgan fingerprint density at radius 3 is 2.82 bits per heavy atom. The van der Waals surface area contributed by atoms with E-state index in [1.54, 1.807) is 7.11 Å². The predicted octanol–water partition coefficient (Wildman–Crippen LogP) is 1.40. The molecule has 4 nitrogen and oxygen atoms in total. The number of ether oxygens (including phenoxy) is 1. The van der Waals surface area contributed by atoms with Crippen molar-refractivity contribution in [2.75, 3.05) is 46.4 Å². The van der Waals surface area contributed by atoms with E-state index in [4.69, 9.17) is 10.00 Å². The van der Waals surface area contributed by atoms with Crippen molar-refractivity contribution < 1.29 is 4.74 Å². The van der Waals surface area contributed by atoms with Gasteiger partial charge in [0, 0.05) is 39.7 Å². The van der Waals surface area contributed by atoms with Crippen molar-refractivity contribution in [3.05, 3.63) is 12.2 Å². The summed E-state index contributed by atoms with van der Waals surface area (Å²) in [6.07, 6.45) is 1.69. The number of methoxy groups -OCH3 is 1. The maximum atomic E-state index is 8.61. The Labute approximate surface area is 105 Å². The van der Waals surface area contributed by atoms with Gasteiger partial charge in [-0.1, -0.05) is 13.5 Å². The summed E-state index contributed by atoms with van der Waals surface area (Å²) in [7, 11) is 1.69. The number of nitrogens with one attached hydrogen (secondary N) is 1. The largest absolute Gasteiger partial charge is 0.383 e. The van der Waals surface area contributed by atoms with Crippen LogP contribution in [-0.2, 0) is 4.74 Å². The highest BCUT2D eigenvalue weighted by atomic mass is 16.5. The van der Waals surface area contributed by atoms with Crippen LogP contribution < -0.4 is 5.32 Å². The van der Waals surface area contributed by atoms with E-state index in [9.17, 15) is 0 Å². The Balaban J connectivity index is 3.86. The van der Waals surface area contributed by atoms with Crippen LogP contribution in [0.2, 0.25) is 0 Å². The van der Waals surface area contributed by atoms with Crippen LogP contribution in [0.5, 0.6) is 0 Å². The van der Waals surface area contributed by atoms with E-state index in [-0.39, 0.29) is 0 Å². The minimum absolute atomic E-state index is 0.555. The molecular weight excluding hydrogens is 214 g/mol. The van der Waals surface area contributed by atoms with Gasteiger partial charge in [0.1, 0.15) is 0 Å². The highest BCUT2D eigenvalue weighted by molar-refractivity contribution is 5.00. The second-order valence-corrected chi connectivity index (χ2v) is 4.10. The van der Waals surface area contributed by atoms with Crippen LogP contribution in [0.15, 0.2) is 12.2 Å². The molecule has 0 aliphatic carbocycles. The molecule has 1 N–H and O–H groups in total. The Kier molecular flexibility index (Phi) is 11.0. The average molecular weight is 239 g/mol. The molecular formula is C13H25N3O. The van der Waals surface area contributed by atoms with Crippen molar-refractivity contribution in [3.8, 4) is 6.07 Å². The van der Waals surface area contributed by atoms with Gasteiger partial charge in [-0.15, -0.1) is 0 Å². The van der Waals surface area contributed by atoms with Gasteiger partial charge in [-0.25, -0.2) is 0 Å². The van der Waals surface area contributed by atoms with Crippen LogP contribution in [0.3, 0.4) is 0 Å². The Morgan fingerprint density at radius 2 is 2.24 bits per heavy atom. The van der Waals surface area contributed by atoms with Crippen molar-refractivity contribution in [2.24, 2.45) is 0 Å². The summed E-state index contributed by atoms with van der Waals surface area (Å²) in [5, 5.41) is 11.9. The van der Waals surface area contributed by atoms with Crippen LogP contribution >= 0.6 is 0 Å². The maximum absolute atomic E-state index is 8.61. The number of rotatable bonds is 11. The minimum atomic E-state index is 0.555. The molecule has 0 rings (SSSR count). The van der Waals surface area contributed by atoms with Crippen molar-refractivity contribution in [1.82, 2.24) is 10.2 Å². The third-order valence-electron chi connectivity index (χ3n) is 2.40. The molecule has 0 bridgehead atoms. The van der Waals surface area contributed by atoms with E-state index in [1.165, 1.54) is 0 Å². The fourth-order valence-corrected chi connectivity index (χ4v) is 1.51. The van der Waals surface area contributed by atoms with Crippen LogP contribution in [0, 0.1) is 11.3 Å². The topological polar surface area (TPSA) is 48.3 Å². The first-order valence-electron chi connectivity index (χ1n) is 6.20. The second-order valence-electron chi connectivity index (χ2n) is 4.10. The SMILES string of the molecule is C=C(CNCCC)CN(CCC#N)CCOC. The van der Waals surface area contributed by atoms with E-state index in [2.05, 4.69) is 29.8 Å². The third kappa shape index (κ3) is 10.0. The molecule has 0 fully saturated rings. The van der Waals surface area contributed by atoms with Gasteiger partial charge in [-0.2, -0.15) is 5.26 Å². The van der Waals surface area contributed by atoms with Gasteiger partial charge in [0.15, 0.2) is 0 Å². The first-order valence-corrected chi connectivity index (χ1v) is 6.20. The molecule has 0 unspecified atom stereocenters. The monoisotopic (exact) mass is 239 g/mol. The number of nitrogens with zero attached hydrogens (tertiary/aromatic N) is 2. The Morgan fingerprint density at radius 1 is 1.47 bits per heavy atom. The number of hydrogen-bond donors (Lipinski definition) is 1. The van der Waals surface area contributed by atoms with Gasteiger partial charge in [0.2, 0.25) is 0 Å². The van der Waals surface area contributed by atoms with Gasteiger partial charge < -0.3 is 10.1 Å². The molecule has 0 saturated heterocycles. The molecule has 17 heavy (non-hydrogen) atoms. The highest BCUT2D eigenvalue weighted by Crippen LogP contribution is 1.98. The summed E-state index contributed by atoms with van der Waals surface area (Å²) in [5.74, 6) is 0. The third-order valence-corrected chi connectivity index (χ3v) is 2.40. The molecule has 0 aromatic heterocycles. The fourth-order valence-electron chi connectivity index (χ4n) is 1.51. The summed E-state index contributed by atoms with van der Waals surface area (Å²) in [4.78, 5) is 2.21. The molecule has 4 heteroatoms. The standard InChI is InChI=1S/C13H25N3O/c1-4-7-15-11-13(2)12-16(8-5-6-14)9-10-17-3/h15H,2,4-5,7-12H2,1,3H3. The normalized spacial score (nSPS) is 10.5. The highest BCUT2D eigenvalue weighted by Gasteiger charge is 2.06. The van der Waals surface area contributed by atoms with E-state index < -0.39 is 0 Å². The summed E-state index contributed by atoms with van der Waals surface area (Å²) >= 11 is 0. The summed E-state index contributed by atoms with van der Waals surface area (Å²) in [6.45, 7) is 11.2. The molecule has 0 saturated carbocycles. The van der Waals surface area contributed by atoms with Gasteiger partial charge in [0.05, 0.1) is 12.7 Å². The van der Waals surface area contributed by atoms with Crippen molar-refractivity contribution in [1.29, 1.82) is 5.26 Å². The smallest absolute Gasteiger partial charge is 0.0635 e. The zero-order valence-corrected chi connectivity index (χ0v) is 11.2. The zero-order chi connectivity index (χ0) is 12.9. The molecule has 0 aliphatic rings. The second kappa shape index (κ2) is 11.6. The van der Waals surface area contributed by atoms with Crippen molar-refractivity contribution in [2.45, 2.75) is 19.8 Å². The van der Waals surface area contributed by atoms with Gasteiger partial charge in [-0.3, -0.25) is 4.90 Å². The first-order chi connectivity index (χ1) is 8.24. The molecule has 0 aliphatic heterocycles. The lowest BCUT2D eigenvalue weighted by Crippen LogP contribution is -2.32. The van der Waals surface area contributed by atoms with Crippen molar-refractivity contribution >= 4 is 0 Å². The van der Waals surface area contributed by atoms with Crippen LogP contribution in [0.1, 0.15) is 19.8 Å². The minimum Gasteiger partial charge on any atom is -0.383 e. The molecule has 0 amide bonds. The van der Waals surface area contributed by atoms with Gasteiger partial charge >= 0.3 is 0 Å². The van der Waals surface area contributed by atoms with Crippen LogP contribution in [0.25, 0.3) is 0 Å². The van der Waals surface area contributed by atoms with Gasteiger partial charge in [0.25, 0.3) is 0 Å². The summed E-state index contributed by atoms with van der Waals surface area (Å²) < 4.78 is 5.06. The molecule has 98 valence electrons. The number of hydrogen-bond acceptors (Lipinski definition) is 4. The number of nitriles is 1. The molecule has 0 heterocycles. The molecule has 0 spiro atoms. The lowest BCUT2D eigenvalue weighted by atomic mass is 10.2. The predicted molar refractivity (Wildman–Crippen MR) is 70.8 cm³/mol. The van der Waals surface area contributed by atoms with Gasteiger partial charge in [-0.05, 0) is 18.5 Å². The summed E-state index contributed by atoms with van der Waals surface area (Å²) in [5.41, 5.74) is 1.16. The molecule has 0 aromatic carbocycles. The molecule has 0 aromatic rings. The Bertz CT molecular complexity index is 235. The van der Waals surface area contributed by atoms with Crippen LogP contribution in [0.4, 0.5) is 0 Å². The Hall–Kier alpha value is -0.890. The lowest BCUT2D eigenvalue weighted by molar-refractivity contribution is 0.154. The fraction of sp³-hybridized carbons (Fsp3) is 0.769. The van der Waals surface area contributed by atoms with E-state index >= 15 is 0 Å². The van der Waals surface area contributed by atoms with Crippen LogP contribution in [-0.4, -0.2) is 51.3 Å². The quantitative estimate of drug-likeness (QED) is 0.437. The first kappa shape index (κ1) is 16.1. The maximum Gasteiger partial charge on any atom is 0.0635 e. The average Bonchev–Trinajstić information content (AvgIpc) is 2.33. The van der Waals surface area contributed by atoms with E-state index in [0.29, 0.717) is 13.0 Å². The van der Waals surface area contributed by atoms with E-state index in [0.717, 1.165) is 44.7 Å². The summed E-state index contributed by atoms with van der Waals surface area (Å²) in [6, 6.07) is 2.17. The zero-order valence-electron chi connectivity index (χ0n) is 11.2. The van der Waals surface area contributed by atoms with Crippen molar-refractivity contribution in [3.63, 3.8) is 0 Å².